The van der Waals surface area contributed by atoms with Gasteiger partial charge in [-0.3, -0.25) is 0 Å². The molecule has 2 heterocycles. The summed E-state index contributed by atoms with van der Waals surface area (Å²) in [4.78, 5) is 0. The van der Waals surface area contributed by atoms with Crippen LogP contribution in [0, 0.1) is 0 Å². The molecule has 0 aromatic carbocycles. The lowest BCUT2D eigenvalue weighted by molar-refractivity contribution is 0.763. The van der Waals surface area contributed by atoms with E-state index in [4.69, 9.17) is 4.66 Å². The second kappa shape index (κ2) is 5.17. The lowest BCUT2D eigenvalue weighted by Gasteiger charge is -2.60. The third-order valence-electron chi connectivity index (χ3n) is 8.04. The first-order chi connectivity index (χ1) is 10.3. The summed E-state index contributed by atoms with van der Waals surface area (Å²) < 4.78 is 7.01. The number of hydrogen-bond donors (Lipinski definition) is 0. The molecule has 1 saturated heterocycles. The highest BCUT2D eigenvalue weighted by atomic mass is 28.5. The van der Waals surface area contributed by atoms with Crippen molar-refractivity contribution in [1.29, 1.82) is 0 Å². The van der Waals surface area contributed by atoms with E-state index in [1.54, 1.807) is 5.33 Å². The Hall–Kier alpha value is 0.754. The van der Waals surface area contributed by atoms with Crippen molar-refractivity contribution in [2.24, 2.45) is 4.66 Å². The molecule has 0 unspecified atom stereocenters. The molecule has 1 nitrogen and oxygen atoms in total. The summed E-state index contributed by atoms with van der Waals surface area (Å²) in [5, 5.41) is 1.69. The zero-order valence-corrected chi connectivity index (χ0v) is 23.9. The topological polar surface area (TPSA) is 12.4 Å². The van der Waals surface area contributed by atoms with E-state index in [-0.39, 0.29) is 0 Å². The predicted molar refractivity (Wildman–Crippen MR) is 127 cm³/mol. The van der Waals surface area contributed by atoms with Gasteiger partial charge in [0.05, 0.1) is 0 Å². The van der Waals surface area contributed by atoms with Gasteiger partial charge in [-0.05, 0) is 15.5 Å². The Morgan fingerprint density at radius 3 is 0.958 bits per heavy atom. The second-order valence-electron chi connectivity index (χ2n) is 12.7. The van der Waals surface area contributed by atoms with Crippen LogP contribution in [-0.4, -0.2) is 45.9 Å². The molecule has 0 bridgehead atoms. The van der Waals surface area contributed by atoms with Crippen LogP contribution in [0.2, 0.25) is 87.1 Å². The van der Waals surface area contributed by atoms with Gasteiger partial charge in [0.2, 0.25) is 8.24 Å². The molecule has 140 valence electrons. The molecule has 24 heavy (non-hydrogen) atoms. The Balaban J connectivity index is 2.89. The summed E-state index contributed by atoms with van der Waals surface area (Å²) in [6.45, 7) is 34.9. The molecule has 0 atom stereocenters. The highest BCUT2D eigenvalue weighted by Crippen LogP contribution is 2.79. The average molecular weight is 414 g/mol. The van der Waals surface area contributed by atoms with Gasteiger partial charge in [-0.1, -0.05) is 91.4 Å². The van der Waals surface area contributed by atoms with Crippen LogP contribution in [0.3, 0.4) is 0 Å². The zero-order chi connectivity index (χ0) is 19.2. The van der Waals surface area contributed by atoms with E-state index in [0.717, 1.165) is 0 Å². The van der Waals surface area contributed by atoms with Gasteiger partial charge in [0.25, 0.3) is 0 Å². The van der Waals surface area contributed by atoms with Crippen molar-refractivity contribution in [1.82, 2.24) is 0 Å². The fourth-order valence-electron chi connectivity index (χ4n) is 8.05. The van der Waals surface area contributed by atoms with E-state index < -0.39 is 40.5 Å². The monoisotopic (exact) mass is 413 g/mol. The second-order valence-corrected chi connectivity index (χ2v) is 41.2. The van der Waals surface area contributed by atoms with E-state index in [1.165, 1.54) is 12.8 Å². The molecule has 0 amide bonds. The minimum atomic E-state index is -1.71. The fourth-order valence-corrected chi connectivity index (χ4v) is 57.9. The quantitative estimate of drug-likeness (QED) is 0.453. The van der Waals surface area contributed by atoms with E-state index in [0.29, 0.717) is 8.57 Å². The average Bonchev–Trinajstić information content (AvgIpc) is 2.79. The molecule has 1 fully saturated rings. The summed E-state index contributed by atoms with van der Waals surface area (Å²) in [7, 11) is -6.98. The van der Waals surface area contributed by atoms with Crippen molar-refractivity contribution in [3.05, 3.63) is 0 Å². The molecule has 0 radical (unpaired) electrons. The van der Waals surface area contributed by atoms with E-state index in [9.17, 15) is 0 Å². The maximum Gasteiger partial charge on any atom is 0.225 e. The first kappa shape index (κ1) is 21.1. The summed E-state index contributed by atoms with van der Waals surface area (Å²) in [5.74, 6) is 0. The fraction of sp³-hybridized carbons (Fsp3) is 0.944. The molecule has 0 saturated carbocycles. The normalized spacial score (nSPS) is 25.8. The Morgan fingerprint density at radius 1 is 0.625 bits per heavy atom. The summed E-state index contributed by atoms with van der Waals surface area (Å²) in [6.07, 6.45) is 3.06. The molecule has 0 aliphatic carbocycles. The zero-order valence-electron chi connectivity index (χ0n) is 18.9. The van der Waals surface area contributed by atoms with E-state index in [1.807, 2.05) is 0 Å². The van der Waals surface area contributed by atoms with Crippen molar-refractivity contribution in [2.45, 2.75) is 107 Å². The van der Waals surface area contributed by atoms with Crippen LogP contribution in [-0.2, 0) is 0 Å². The highest BCUT2D eigenvalue weighted by molar-refractivity contribution is 7.41. The lowest BCUT2D eigenvalue weighted by atomic mass is 10.4. The largest absolute Gasteiger partial charge is 0.325 e. The number of nitrogens with zero attached hydrogens (tertiary/aromatic N) is 1. The molecule has 2 rings (SSSR count). The van der Waals surface area contributed by atoms with Crippen molar-refractivity contribution < 1.29 is 0 Å². The highest BCUT2D eigenvalue weighted by Gasteiger charge is 2.86. The molecule has 0 N–H and O–H groups in total. The molecule has 1 spiro atoms. The SMILES string of the molecule is CC1=N[Si]12C([Si](C)(C)C)([Si](C)(C)C)CCC2([Si](C)(C)C)[Si](C)(C)C. The first-order valence-corrected chi connectivity index (χ1v) is 25.9. The summed E-state index contributed by atoms with van der Waals surface area (Å²) in [5.41, 5.74) is 0. The third kappa shape index (κ3) is 2.15. The standard InChI is InChI=1S/C18H43NSi5/c1-16-19-24(16)17(20(2,3)4,21(5,6)7)14-15-18(24,22(8,9)10)23(11,12)13/h14-15H2,1-13H3. The van der Waals surface area contributed by atoms with Crippen molar-refractivity contribution in [3.63, 3.8) is 0 Å². The Kier molecular flexibility index (Phi) is 4.54. The van der Waals surface area contributed by atoms with E-state index >= 15 is 0 Å². The molecular weight excluding hydrogens is 371 g/mol. The van der Waals surface area contributed by atoms with Crippen molar-refractivity contribution in [3.8, 4) is 0 Å². The lowest BCUT2D eigenvalue weighted by Crippen LogP contribution is -2.72. The van der Waals surface area contributed by atoms with Gasteiger partial charge in [-0.25, -0.2) is 0 Å². The van der Waals surface area contributed by atoms with Gasteiger partial charge in [-0.15, -0.1) is 0 Å². The minimum Gasteiger partial charge on any atom is -0.325 e. The summed E-state index contributed by atoms with van der Waals surface area (Å²) >= 11 is 0. The van der Waals surface area contributed by atoms with Crippen LogP contribution in [0.1, 0.15) is 19.8 Å². The predicted octanol–water partition coefficient (Wildman–Crippen LogP) is 6.73. The molecule has 2 aliphatic heterocycles. The maximum atomic E-state index is 5.65. The van der Waals surface area contributed by atoms with Gasteiger partial charge in [0.15, 0.2) is 0 Å². The smallest absolute Gasteiger partial charge is 0.225 e. The Morgan fingerprint density at radius 2 is 0.833 bits per heavy atom. The Labute approximate surface area is 157 Å². The van der Waals surface area contributed by atoms with Gasteiger partial charge < -0.3 is 4.66 Å². The van der Waals surface area contributed by atoms with Crippen molar-refractivity contribution in [2.75, 3.05) is 0 Å². The maximum absolute atomic E-state index is 5.65. The van der Waals surface area contributed by atoms with E-state index in [2.05, 4.69) is 85.5 Å². The minimum absolute atomic E-state index is 0.678. The Bertz CT molecular complexity index is 498. The van der Waals surface area contributed by atoms with Crippen LogP contribution in [0.4, 0.5) is 0 Å². The van der Waals surface area contributed by atoms with Crippen LogP contribution < -0.4 is 0 Å². The van der Waals surface area contributed by atoms with Crippen LogP contribution in [0.25, 0.3) is 0 Å². The van der Waals surface area contributed by atoms with Crippen molar-refractivity contribution >= 4 is 45.9 Å². The number of hydrogen-bond acceptors (Lipinski definition) is 1. The number of rotatable bonds is 4. The summed E-state index contributed by atoms with van der Waals surface area (Å²) in [6, 6.07) is 0. The van der Waals surface area contributed by atoms with Gasteiger partial charge in [0.1, 0.15) is 0 Å². The van der Waals surface area contributed by atoms with Gasteiger partial charge >= 0.3 is 0 Å². The van der Waals surface area contributed by atoms with Gasteiger partial charge in [-0.2, -0.15) is 0 Å². The third-order valence-corrected chi connectivity index (χ3v) is 46.2. The molecule has 0 aromatic rings. The van der Waals surface area contributed by atoms with Crippen LogP contribution in [0.5, 0.6) is 0 Å². The van der Waals surface area contributed by atoms with Crippen LogP contribution >= 0.6 is 0 Å². The van der Waals surface area contributed by atoms with Crippen LogP contribution in [0.15, 0.2) is 4.66 Å². The molecular formula is C18H43NSi5. The van der Waals surface area contributed by atoms with Gasteiger partial charge in [0, 0.05) is 37.6 Å². The first-order valence-electron chi connectivity index (χ1n) is 9.90. The molecule has 2 aliphatic rings. The molecule has 0 aromatic heterocycles. The molecule has 6 heteroatoms.